The maximum Gasteiger partial charge on any atom is 0.276 e. The van der Waals surface area contributed by atoms with Gasteiger partial charge in [-0.1, -0.05) is 49.8 Å². The summed E-state index contributed by atoms with van der Waals surface area (Å²) >= 11 is 1.47. The van der Waals surface area contributed by atoms with Crippen LogP contribution in [0.5, 0.6) is 0 Å². The summed E-state index contributed by atoms with van der Waals surface area (Å²) in [5.74, 6) is 1.37. The maximum absolute atomic E-state index is 12.1. The Balaban J connectivity index is 1.75. The molecule has 1 fully saturated rings. The summed E-state index contributed by atoms with van der Waals surface area (Å²) in [6.45, 7) is 8.03. The number of aromatic nitrogens is 3. The normalized spacial score (nSPS) is 16.0. The van der Waals surface area contributed by atoms with E-state index in [0.29, 0.717) is 10.9 Å². The van der Waals surface area contributed by atoms with Crippen LogP contribution in [0.15, 0.2) is 35.1 Å². The van der Waals surface area contributed by atoms with Crippen LogP contribution in [0, 0.1) is 0 Å². The number of nitrogens with zero attached hydrogens (tertiary/aromatic N) is 4. The zero-order valence-corrected chi connectivity index (χ0v) is 16.6. The molecule has 1 aliphatic rings. The van der Waals surface area contributed by atoms with Gasteiger partial charge in [0.15, 0.2) is 0 Å². The lowest BCUT2D eigenvalue weighted by Crippen LogP contribution is -2.44. The first-order valence-electron chi connectivity index (χ1n) is 9.62. The van der Waals surface area contributed by atoms with Gasteiger partial charge >= 0.3 is 0 Å². The third-order valence-corrected chi connectivity index (χ3v) is 6.06. The molecule has 0 aliphatic carbocycles. The standard InChI is InChI=1S/C20H25N5OS/c1-3-5-14(2)15-6-4-7-16(12-15)19-23-25-18(24-10-8-21-9-11-24)13-17(26)22-20(25)27-19/h4,6-7,12-14,21H,3,5,8-11H2,1-2H3. The van der Waals surface area contributed by atoms with Gasteiger partial charge in [-0.3, -0.25) is 4.79 Å². The number of hydrogen-bond acceptors (Lipinski definition) is 6. The van der Waals surface area contributed by atoms with Gasteiger partial charge in [0.05, 0.1) is 0 Å². The number of fused-ring (bicyclic) bond motifs is 1. The minimum absolute atomic E-state index is 0.205. The fourth-order valence-electron chi connectivity index (χ4n) is 3.61. The Morgan fingerprint density at radius 2 is 2.07 bits per heavy atom. The van der Waals surface area contributed by atoms with Crippen LogP contribution in [0.2, 0.25) is 0 Å². The van der Waals surface area contributed by atoms with Gasteiger partial charge in [-0.2, -0.15) is 14.6 Å². The van der Waals surface area contributed by atoms with Crippen molar-refractivity contribution in [2.24, 2.45) is 0 Å². The van der Waals surface area contributed by atoms with Crippen molar-refractivity contribution in [1.29, 1.82) is 0 Å². The van der Waals surface area contributed by atoms with E-state index in [0.717, 1.165) is 42.6 Å². The summed E-state index contributed by atoms with van der Waals surface area (Å²) in [7, 11) is 0. The van der Waals surface area contributed by atoms with E-state index in [1.807, 2.05) is 4.52 Å². The number of hydrogen-bond donors (Lipinski definition) is 1. The van der Waals surface area contributed by atoms with E-state index in [9.17, 15) is 4.79 Å². The van der Waals surface area contributed by atoms with Crippen molar-refractivity contribution >= 4 is 22.1 Å². The first kappa shape index (κ1) is 18.1. The van der Waals surface area contributed by atoms with Crippen molar-refractivity contribution < 1.29 is 0 Å². The van der Waals surface area contributed by atoms with Crippen LogP contribution in [0.25, 0.3) is 15.5 Å². The molecule has 1 saturated heterocycles. The van der Waals surface area contributed by atoms with Crippen molar-refractivity contribution in [3.05, 3.63) is 46.2 Å². The predicted octanol–water partition coefficient (Wildman–Crippen LogP) is 3.13. The van der Waals surface area contributed by atoms with Crippen molar-refractivity contribution in [3.63, 3.8) is 0 Å². The minimum atomic E-state index is -0.205. The number of rotatable bonds is 5. The van der Waals surface area contributed by atoms with E-state index in [1.54, 1.807) is 6.07 Å². The molecule has 1 aliphatic heterocycles. The van der Waals surface area contributed by atoms with E-state index < -0.39 is 0 Å². The highest BCUT2D eigenvalue weighted by atomic mass is 32.1. The van der Waals surface area contributed by atoms with Crippen LogP contribution in [0.3, 0.4) is 0 Å². The van der Waals surface area contributed by atoms with Crippen LogP contribution in [-0.2, 0) is 0 Å². The van der Waals surface area contributed by atoms with Gasteiger partial charge in [0.1, 0.15) is 10.8 Å². The molecule has 6 nitrogen and oxygen atoms in total. The number of benzene rings is 1. The fourth-order valence-corrected chi connectivity index (χ4v) is 4.51. The fraction of sp³-hybridized carbons (Fsp3) is 0.450. The molecule has 27 heavy (non-hydrogen) atoms. The Hall–Kier alpha value is -2.25. The summed E-state index contributed by atoms with van der Waals surface area (Å²) in [5, 5.41) is 9.06. The SMILES string of the molecule is CCCC(C)c1cccc(-c2nn3c(N4CCNCC4)cc(=O)nc3s2)c1. The monoisotopic (exact) mass is 383 g/mol. The van der Waals surface area contributed by atoms with Crippen molar-refractivity contribution in [1.82, 2.24) is 19.9 Å². The Morgan fingerprint density at radius 1 is 1.26 bits per heavy atom. The highest BCUT2D eigenvalue weighted by Gasteiger charge is 2.18. The number of piperazine rings is 1. The van der Waals surface area contributed by atoms with Gasteiger partial charge in [-0.05, 0) is 24.0 Å². The highest BCUT2D eigenvalue weighted by Crippen LogP contribution is 2.30. The van der Waals surface area contributed by atoms with Gasteiger partial charge in [-0.15, -0.1) is 0 Å². The van der Waals surface area contributed by atoms with Crippen LogP contribution >= 0.6 is 11.3 Å². The van der Waals surface area contributed by atoms with Gasteiger partial charge < -0.3 is 10.2 Å². The molecule has 0 spiro atoms. The summed E-state index contributed by atoms with van der Waals surface area (Å²) < 4.78 is 1.83. The molecule has 4 rings (SSSR count). The van der Waals surface area contributed by atoms with Crippen molar-refractivity contribution in [2.75, 3.05) is 31.1 Å². The predicted molar refractivity (Wildman–Crippen MR) is 111 cm³/mol. The first-order chi connectivity index (χ1) is 13.2. The van der Waals surface area contributed by atoms with E-state index in [4.69, 9.17) is 5.10 Å². The zero-order chi connectivity index (χ0) is 18.8. The molecule has 3 aromatic rings. The van der Waals surface area contributed by atoms with E-state index >= 15 is 0 Å². The van der Waals surface area contributed by atoms with Crippen LogP contribution in [-0.4, -0.2) is 40.8 Å². The van der Waals surface area contributed by atoms with Gasteiger partial charge in [0.2, 0.25) is 4.96 Å². The topological polar surface area (TPSA) is 62.5 Å². The lowest BCUT2D eigenvalue weighted by Gasteiger charge is -2.28. The van der Waals surface area contributed by atoms with E-state index in [1.165, 1.54) is 29.7 Å². The third-order valence-electron chi connectivity index (χ3n) is 5.10. The van der Waals surface area contributed by atoms with E-state index in [2.05, 4.69) is 53.3 Å². The van der Waals surface area contributed by atoms with Crippen molar-refractivity contribution in [3.8, 4) is 10.6 Å². The number of nitrogens with one attached hydrogen (secondary N) is 1. The highest BCUT2D eigenvalue weighted by molar-refractivity contribution is 7.19. The van der Waals surface area contributed by atoms with Gasteiger partial charge in [0.25, 0.3) is 5.56 Å². The summed E-state index contributed by atoms with van der Waals surface area (Å²) in [6.07, 6.45) is 2.35. The average molecular weight is 384 g/mol. The molecule has 7 heteroatoms. The molecule has 1 atom stereocenters. The van der Waals surface area contributed by atoms with Crippen LogP contribution < -0.4 is 15.8 Å². The maximum atomic E-state index is 12.1. The smallest absolute Gasteiger partial charge is 0.276 e. The Kier molecular flexibility index (Phi) is 5.22. The van der Waals surface area contributed by atoms with Gasteiger partial charge in [0, 0.05) is 37.8 Å². The Labute approximate surface area is 162 Å². The Morgan fingerprint density at radius 3 is 2.85 bits per heavy atom. The largest absolute Gasteiger partial charge is 0.354 e. The molecule has 0 amide bonds. The Bertz CT molecular complexity index is 989. The molecule has 0 radical (unpaired) electrons. The summed E-state index contributed by atoms with van der Waals surface area (Å²) in [4.78, 5) is 19.2. The second-order valence-corrected chi connectivity index (χ2v) is 8.06. The molecular weight excluding hydrogens is 358 g/mol. The molecule has 0 saturated carbocycles. The molecule has 3 heterocycles. The third kappa shape index (κ3) is 3.75. The second-order valence-electron chi connectivity index (χ2n) is 7.11. The quantitative estimate of drug-likeness (QED) is 0.733. The van der Waals surface area contributed by atoms with Gasteiger partial charge in [-0.25, -0.2) is 0 Å². The average Bonchev–Trinajstić information content (AvgIpc) is 3.12. The first-order valence-corrected chi connectivity index (χ1v) is 10.4. The molecule has 1 unspecified atom stereocenters. The summed E-state index contributed by atoms with van der Waals surface area (Å²) in [6, 6.07) is 10.2. The number of anilines is 1. The summed E-state index contributed by atoms with van der Waals surface area (Å²) in [5.41, 5.74) is 2.21. The van der Waals surface area contributed by atoms with E-state index in [-0.39, 0.29) is 5.56 Å². The van der Waals surface area contributed by atoms with Crippen molar-refractivity contribution in [2.45, 2.75) is 32.6 Å². The zero-order valence-electron chi connectivity index (χ0n) is 15.8. The molecule has 1 aromatic carbocycles. The second kappa shape index (κ2) is 7.78. The lowest BCUT2D eigenvalue weighted by atomic mass is 9.95. The molecule has 1 N–H and O–H groups in total. The lowest BCUT2D eigenvalue weighted by molar-refractivity contribution is 0.579. The van der Waals surface area contributed by atoms with Crippen LogP contribution in [0.1, 0.15) is 38.2 Å². The minimum Gasteiger partial charge on any atom is -0.354 e. The molecule has 0 bridgehead atoms. The molecular formula is C20H25N5OS. The molecule has 2 aromatic heterocycles. The van der Waals surface area contributed by atoms with Crippen LogP contribution in [0.4, 0.5) is 5.82 Å². The molecule has 142 valence electrons.